The Kier molecular flexibility index (Phi) is 7.53. The van der Waals surface area contributed by atoms with E-state index in [1.165, 1.54) is 11.1 Å². The van der Waals surface area contributed by atoms with Crippen molar-refractivity contribution < 1.29 is 18.7 Å². The number of nitrogens with zero attached hydrogens (tertiary/aromatic N) is 4. The van der Waals surface area contributed by atoms with Gasteiger partial charge in [0.15, 0.2) is 0 Å². The van der Waals surface area contributed by atoms with E-state index in [0.29, 0.717) is 31.9 Å². The van der Waals surface area contributed by atoms with Gasteiger partial charge < -0.3 is 14.1 Å². The molecule has 0 bridgehead atoms. The number of ether oxygens (including phenoxy) is 1. The highest BCUT2D eigenvalue weighted by Crippen LogP contribution is 2.34. The number of amides is 2. The molecule has 8 heteroatoms. The van der Waals surface area contributed by atoms with E-state index in [0.717, 1.165) is 50.2 Å². The molecule has 0 spiro atoms. The number of carbonyl (C=O) groups is 2. The van der Waals surface area contributed by atoms with Gasteiger partial charge in [-0.05, 0) is 61.6 Å². The predicted octanol–water partition coefficient (Wildman–Crippen LogP) is 3.54. The summed E-state index contributed by atoms with van der Waals surface area (Å²) in [5.74, 6) is 0.660. The average Bonchev–Trinajstić information content (AvgIpc) is 3.53. The molecule has 0 radical (unpaired) electrons. The van der Waals surface area contributed by atoms with Crippen LogP contribution in [0.5, 0.6) is 0 Å². The van der Waals surface area contributed by atoms with Crippen LogP contribution in [0.3, 0.4) is 0 Å². The molecule has 1 saturated carbocycles. The molecule has 1 atom stereocenters. The molecule has 2 fully saturated rings. The van der Waals surface area contributed by atoms with E-state index in [-0.39, 0.29) is 30.3 Å². The highest BCUT2D eigenvalue weighted by Gasteiger charge is 2.37. The van der Waals surface area contributed by atoms with Gasteiger partial charge in [0.25, 0.3) is 5.91 Å². The zero-order valence-electron chi connectivity index (χ0n) is 21.3. The molecule has 1 aromatic carbocycles. The van der Waals surface area contributed by atoms with Gasteiger partial charge >= 0.3 is 0 Å². The standard InChI is InChI=1S/C28H36N4O4/c1-20-8-9-23(17-21(20)2)24-18-25(26-7-4-14-36-26)32(29-24)27(33)19-31(28(34)22-5-3-6-22)11-10-30-12-15-35-16-13-30/h4,7-9,14,17,22,25H,3,5-6,10-13,15-16,18-19H2,1-2H3/t25-/m0/s1. The number of hydrazone groups is 1. The Morgan fingerprint density at radius 3 is 2.58 bits per heavy atom. The van der Waals surface area contributed by atoms with Crippen molar-refractivity contribution in [2.75, 3.05) is 45.9 Å². The molecular formula is C28H36N4O4. The first-order valence-corrected chi connectivity index (χ1v) is 13.1. The summed E-state index contributed by atoms with van der Waals surface area (Å²) in [6, 6.07) is 9.67. The quantitative estimate of drug-likeness (QED) is 0.563. The van der Waals surface area contributed by atoms with Gasteiger partial charge in [-0.25, -0.2) is 5.01 Å². The van der Waals surface area contributed by atoms with Crippen LogP contribution in [0.4, 0.5) is 0 Å². The maximum absolute atomic E-state index is 13.7. The summed E-state index contributed by atoms with van der Waals surface area (Å²) < 4.78 is 11.2. The van der Waals surface area contributed by atoms with E-state index in [1.807, 2.05) is 12.1 Å². The molecule has 2 amide bonds. The van der Waals surface area contributed by atoms with Crippen LogP contribution in [0.25, 0.3) is 0 Å². The number of aryl methyl sites for hydroxylation is 2. The van der Waals surface area contributed by atoms with Crippen molar-refractivity contribution in [3.63, 3.8) is 0 Å². The van der Waals surface area contributed by atoms with Gasteiger partial charge in [-0.2, -0.15) is 5.10 Å². The second-order valence-electron chi connectivity index (χ2n) is 10.2. The topological polar surface area (TPSA) is 78.6 Å². The molecule has 2 aliphatic heterocycles. The van der Waals surface area contributed by atoms with E-state index < -0.39 is 0 Å². The Bertz CT molecular complexity index is 1100. The van der Waals surface area contributed by atoms with Crippen molar-refractivity contribution in [3.8, 4) is 0 Å². The first-order chi connectivity index (χ1) is 17.5. The van der Waals surface area contributed by atoms with Crippen LogP contribution in [0.2, 0.25) is 0 Å². The Hall–Kier alpha value is -2.97. The largest absolute Gasteiger partial charge is 0.467 e. The van der Waals surface area contributed by atoms with Crippen LogP contribution < -0.4 is 0 Å². The van der Waals surface area contributed by atoms with E-state index in [1.54, 1.807) is 16.2 Å². The van der Waals surface area contributed by atoms with Crippen LogP contribution in [0.1, 0.15) is 54.2 Å². The third-order valence-electron chi connectivity index (χ3n) is 7.76. The summed E-state index contributed by atoms with van der Waals surface area (Å²) >= 11 is 0. The molecule has 0 unspecified atom stereocenters. The Labute approximate surface area is 212 Å². The number of furan rings is 1. The van der Waals surface area contributed by atoms with E-state index >= 15 is 0 Å². The van der Waals surface area contributed by atoms with E-state index in [2.05, 4.69) is 36.9 Å². The summed E-state index contributed by atoms with van der Waals surface area (Å²) in [6.07, 6.45) is 5.11. The number of hydrogen-bond donors (Lipinski definition) is 0. The van der Waals surface area contributed by atoms with Gasteiger partial charge in [-0.3, -0.25) is 14.5 Å². The molecule has 0 N–H and O–H groups in total. The van der Waals surface area contributed by atoms with Gasteiger partial charge in [0.2, 0.25) is 5.91 Å². The highest BCUT2D eigenvalue weighted by atomic mass is 16.5. The second-order valence-corrected chi connectivity index (χ2v) is 10.2. The molecule has 2 aromatic rings. The molecule has 8 nitrogen and oxygen atoms in total. The third kappa shape index (κ3) is 5.39. The molecule has 5 rings (SSSR count). The van der Waals surface area contributed by atoms with Crippen LogP contribution in [-0.4, -0.2) is 78.3 Å². The smallest absolute Gasteiger partial charge is 0.262 e. The van der Waals surface area contributed by atoms with Crippen molar-refractivity contribution in [2.24, 2.45) is 11.0 Å². The van der Waals surface area contributed by atoms with Gasteiger partial charge in [0, 0.05) is 38.5 Å². The minimum Gasteiger partial charge on any atom is -0.467 e. The van der Waals surface area contributed by atoms with Gasteiger partial charge in [0.1, 0.15) is 18.3 Å². The Morgan fingerprint density at radius 1 is 1.11 bits per heavy atom. The summed E-state index contributed by atoms with van der Waals surface area (Å²) in [5.41, 5.74) is 4.28. The predicted molar refractivity (Wildman–Crippen MR) is 137 cm³/mol. The summed E-state index contributed by atoms with van der Waals surface area (Å²) in [7, 11) is 0. The minimum atomic E-state index is -0.316. The molecule has 1 saturated heterocycles. The molecule has 1 aliphatic carbocycles. The highest BCUT2D eigenvalue weighted by molar-refractivity contribution is 6.03. The maximum Gasteiger partial charge on any atom is 0.262 e. The zero-order chi connectivity index (χ0) is 25.1. The van der Waals surface area contributed by atoms with E-state index in [4.69, 9.17) is 14.3 Å². The molecule has 3 heterocycles. The normalized spacial score (nSPS) is 20.8. The average molecular weight is 493 g/mol. The lowest BCUT2D eigenvalue weighted by Gasteiger charge is -2.34. The second kappa shape index (κ2) is 11.0. The third-order valence-corrected chi connectivity index (χ3v) is 7.76. The van der Waals surface area contributed by atoms with Crippen LogP contribution in [0, 0.1) is 19.8 Å². The first-order valence-electron chi connectivity index (χ1n) is 13.1. The molecular weight excluding hydrogens is 456 g/mol. The Morgan fingerprint density at radius 2 is 1.92 bits per heavy atom. The monoisotopic (exact) mass is 492 g/mol. The number of hydrogen-bond acceptors (Lipinski definition) is 6. The van der Waals surface area contributed by atoms with E-state index in [9.17, 15) is 9.59 Å². The fraction of sp³-hybridized carbons (Fsp3) is 0.536. The number of carbonyl (C=O) groups excluding carboxylic acids is 2. The lowest BCUT2D eigenvalue weighted by molar-refractivity contribution is -0.146. The van der Waals surface area contributed by atoms with Crippen molar-refractivity contribution in [3.05, 3.63) is 59.0 Å². The molecule has 192 valence electrons. The first kappa shape index (κ1) is 24.7. The van der Waals surface area contributed by atoms with Gasteiger partial charge in [-0.1, -0.05) is 18.6 Å². The number of rotatable bonds is 8. The Balaban J connectivity index is 1.35. The molecule has 36 heavy (non-hydrogen) atoms. The fourth-order valence-electron chi connectivity index (χ4n) is 5.04. The van der Waals surface area contributed by atoms with Crippen LogP contribution in [0.15, 0.2) is 46.1 Å². The van der Waals surface area contributed by atoms with Gasteiger partial charge in [-0.15, -0.1) is 0 Å². The van der Waals surface area contributed by atoms with Crippen molar-refractivity contribution >= 4 is 17.5 Å². The lowest BCUT2D eigenvalue weighted by Crippen LogP contribution is -2.49. The SMILES string of the molecule is Cc1ccc(C2=NN(C(=O)CN(CCN3CCOCC3)C(=O)C3CCC3)[C@H](c3ccco3)C2)cc1C. The summed E-state index contributed by atoms with van der Waals surface area (Å²) in [6.45, 7) is 8.61. The van der Waals surface area contributed by atoms with Crippen LogP contribution >= 0.6 is 0 Å². The summed E-state index contributed by atoms with van der Waals surface area (Å²) in [4.78, 5) is 31.0. The zero-order valence-corrected chi connectivity index (χ0v) is 21.3. The molecule has 1 aromatic heterocycles. The van der Waals surface area contributed by atoms with Crippen LogP contribution in [-0.2, 0) is 14.3 Å². The van der Waals surface area contributed by atoms with Crippen molar-refractivity contribution in [2.45, 2.75) is 45.6 Å². The number of benzene rings is 1. The number of morpholine rings is 1. The van der Waals surface area contributed by atoms with Crippen molar-refractivity contribution in [1.82, 2.24) is 14.8 Å². The lowest BCUT2D eigenvalue weighted by atomic mass is 9.84. The van der Waals surface area contributed by atoms with Crippen molar-refractivity contribution in [1.29, 1.82) is 0 Å². The molecule has 3 aliphatic rings. The fourth-order valence-corrected chi connectivity index (χ4v) is 5.04. The maximum atomic E-state index is 13.7. The summed E-state index contributed by atoms with van der Waals surface area (Å²) in [5, 5.41) is 6.32. The van der Waals surface area contributed by atoms with Gasteiger partial charge in [0.05, 0.1) is 25.2 Å². The minimum absolute atomic E-state index is 0.0284.